The van der Waals surface area contributed by atoms with Gasteiger partial charge < -0.3 is 50.5 Å². The Hall–Kier alpha value is -0.890. The molecule has 0 spiro atoms. The highest BCUT2D eigenvalue weighted by Gasteiger charge is 2.44. The predicted octanol–water partition coefficient (Wildman–Crippen LogP) is 10.2. The molecule has 63 heavy (non-hydrogen) atoms. The molecule has 1 heterocycles. The van der Waals surface area contributed by atoms with E-state index in [0.29, 0.717) is 19.3 Å². The van der Waals surface area contributed by atoms with Crippen LogP contribution in [0.1, 0.15) is 258 Å². The molecule has 9 unspecified atom stereocenters. The first-order valence-corrected chi connectivity index (χ1v) is 26.9. The summed E-state index contributed by atoms with van der Waals surface area (Å²) in [7, 11) is 0. The van der Waals surface area contributed by atoms with Gasteiger partial charge in [-0.3, -0.25) is 4.79 Å². The van der Waals surface area contributed by atoms with E-state index in [9.17, 15) is 40.5 Å². The molecule has 0 saturated carbocycles. The van der Waals surface area contributed by atoms with Crippen LogP contribution in [0.4, 0.5) is 0 Å². The molecule has 1 aliphatic heterocycles. The number of aliphatic hydroxyl groups is 7. The van der Waals surface area contributed by atoms with Crippen LogP contribution in [0.5, 0.6) is 0 Å². The number of unbranched alkanes of at least 4 members (excludes halogenated alkanes) is 34. The third-order valence-corrected chi connectivity index (χ3v) is 13.4. The summed E-state index contributed by atoms with van der Waals surface area (Å²) in [5, 5.41) is 76.0. The van der Waals surface area contributed by atoms with Gasteiger partial charge in [0.1, 0.15) is 36.6 Å². The number of carbonyl (C=O) groups excluding carboxylic acids is 1. The van der Waals surface area contributed by atoms with Crippen LogP contribution in [0.2, 0.25) is 0 Å². The average molecular weight is 902 g/mol. The molecular formula is C52H103NO10. The van der Waals surface area contributed by atoms with Crippen molar-refractivity contribution < 1.29 is 50.0 Å². The Morgan fingerprint density at radius 2 is 0.825 bits per heavy atom. The van der Waals surface area contributed by atoms with Crippen LogP contribution in [0.3, 0.4) is 0 Å². The largest absolute Gasteiger partial charge is 0.394 e. The zero-order valence-electron chi connectivity index (χ0n) is 40.8. The Labute approximate surface area is 386 Å². The first-order valence-electron chi connectivity index (χ1n) is 26.9. The van der Waals surface area contributed by atoms with E-state index in [1.54, 1.807) is 0 Å². The van der Waals surface area contributed by atoms with E-state index in [-0.39, 0.29) is 6.42 Å². The minimum atomic E-state index is -1.66. The van der Waals surface area contributed by atoms with Gasteiger partial charge in [0.15, 0.2) is 6.29 Å². The Kier molecular flexibility index (Phi) is 40.5. The number of hydrogen-bond acceptors (Lipinski definition) is 10. The van der Waals surface area contributed by atoms with Gasteiger partial charge in [-0.2, -0.15) is 0 Å². The van der Waals surface area contributed by atoms with Gasteiger partial charge in [0, 0.05) is 0 Å². The molecule has 1 aliphatic rings. The van der Waals surface area contributed by atoms with Crippen LogP contribution in [-0.2, 0) is 14.3 Å². The predicted molar refractivity (Wildman–Crippen MR) is 256 cm³/mol. The highest BCUT2D eigenvalue weighted by Crippen LogP contribution is 2.23. The molecule has 0 bridgehead atoms. The van der Waals surface area contributed by atoms with Crippen molar-refractivity contribution in [2.75, 3.05) is 13.2 Å². The summed E-state index contributed by atoms with van der Waals surface area (Å²) in [5.74, 6) is -0.691. The summed E-state index contributed by atoms with van der Waals surface area (Å²) in [6, 6.07) is -1.16. The molecule has 9 atom stereocenters. The minimum Gasteiger partial charge on any atom is -0.394 e. The van der Waals surface area contributed by atoms with E-state index in [4.69, 9.17) is 9.47 Å². The Bertz CT molecular complexity index is 991. The van der Waals surface area contributed by atoms with Crippen LogP contribution in [0.15, 0.2) is 0 Å². The summed E-state index contributed by atoms with van der Waals surface area (Å²) < 4.78 is 11.1. The number of nitrogens with one attached hydrogen (secondary N) is 1. The molecule has 0 aromatic rings. The third-order valence-electron chi connectivity index (χ3n) is 13.4. The second-order valence-electron chi connectivity index (χ2n) is 19.3. The molecule has 0 aliphatic carbocycles. The molecule has 0 aromatic heterocycles. The van der Waals surface area contributed by atoms with Gasteiger partial charge >= 0.3 is 0 Å². The Morgan fingerprint density at radius 3 is 1.17 bits per heavy atom. The molecular weight excluding hydrogens is 799 g/mol. The van der Waals surface area contributed by atoms with Gasteiger partial charge in [0.25, 0.3) is 0 Å². The summed E-state index contributed by atoms with van der Waals surface area (Å²) in [6.07, 6.45) is 34.3. The molecule has 376 valence electrons. The number of ether oxygens (including phenoxy) is 2. The molecule has 11 nitrogen and oxygen atoms in total. The topological polar surface area (TPSA) is 189 Å². The fourth-order valence-corrected chi connectivity index (χ4v) is 8.97. The van der Waals surface area contributed by atoms with E-state index in [1.807, 2.05) is 0 Å². The second kappa shape index (κ2) is 42.5. The number of hydrogen-bond donors (Lipinski definition) is 8. The smallest absolute Gasteiger partial charge is 0.249 e. The lowest BCUT2D eigenvalue weighted by atomic mass is 9.98. The first kappa shape index (κ1) is 60.1. The average Bonchev–Trinajstić information content (AvgIpc) is 3.28. The SMILES string of the molecule is CCCCCCCCCCCCCCCCCCCCC(O)C(=O)NC(COC1OC(CO)C(O)C(O)C1O)C(O)C(O)CCCCCCCCCCCCCCCCCCCC. The maximum atomic E-state index is 13.1. The van der Waals surface area contributed by atoms with Crippen LogP contribution >= 0.6 is 0 Å². The van der Waals surface area contributed by atoms with Crippen molar-refractivity contribution in [2.24, 2.45) is 0 Å². The molecule has 11 heteroatoms. The molecule has 1 saturated heterocycles. The van der Waals surface area contributed by atoms with E-state index in [0.717, 1.165) is 38.5 Å². The van der Waals surface area contributed by atoms with Crippen molar-refractivity contribution in [3.8, 4) is 0 Å². The number of amides is 1. The summed E-state index contributed by atoms with van der Waals surface area (Å²) in [5.41, 5.74) is 0. The third kappa shape index (κ3) is 31.7. The zero-order valence-corrected chi connectivity index (χ0v) is 40.8. The van der Waals surface area contributed by atoms with E-state index < -0.39 is 74.2 Å². The molecule has 0 aromatic carbocycles. The number of rotatable bonds is 46. The monoisotopic (exact) mass is 902 g/mol. The Morgan fingerprint density at radius 1 is 0.492 bits per heavy atom. The molecule has 1 fully saturated rings. The van der Waals surface area contributed by atoms with Crippen LogP contribution < -0.4 is 5.32 Å². The minimum absolute atomic E-state index is 0.267. The lowest BCUT2D eigenvalue weighted by Gasteiger charge is -2.40. The van der Waals surface area contributed by atoms with Crippen molar-refractivity contribution in [3.05, 3.63) is 0 Å². The molecule has 1 rings (SSSR count). The molecule has 1 amide bonds. The van der Waals surface area contributed by atoms with Crippen molar-refractivity contribution in [2.45, 2.75) is 313 Å². The van der Waals surface area contributed by atoms with Crippen molar-refractivity contribution in [3.63, 3.8) is 0 Å². The van der Waals surface area contributed by atoms with Crippen LogP contribution in [0, 0.1) is 0 Å². The van der Waals surface area contributed by atoms with Crippen LogP contribution in [-0.4, -0.2) is 110 Å². The summed E-state index contributed by atoms with van der Waals surface area (Å²) in [4.78, 5) is 13.1. The van der Waals surface area contributed by atoms with Gasteiger partial charge in [-0.1, -0.05) is 245 Å². The quantitative estimate of drug-likeness (QED) is 0.0273. The highest BCUT2D eigenvalue weighted by molar-refractivity contribution is 5.80. The summed E-state index contributed by atoms with van der Waals surface area (Å²) >= 11 is 0. The van der Waals surface area contributed by atoms with Crippen molar-refractivity contribution >= 4 is 5.91 Å². The van der Waals surface area contributed by atoms with E-state index in [2.05, 4.69) is 19.2 Å². The van der Waals surface area contributed by atoms with Gasteiger partial charge in [-0.05, 0) is 12.8 Å². The maximum Gasteiger partial charge on any atom is 0.249 e. The van der Waals surface area contributed by atoms with Crippen molar-refractivity contribution in [1.29, 1.82) is 0 Å². The standard InChI is InChI=1S/C52H103NO10/c1-3-5-7-9-11-13-15-17-19-21-23-25-27-29-31-33-35-37-39-44(55)47(57)43(42-62-52-50(60)49(59)48(58)46(41-54)63-52)53-51(61)45(56)40-38-36-34-32-30-28-26-24-22-20-18-16-14-12-10-8-6-4-2/h43-50,52,54-60H,3-42H2,1-2H3,(H,53,61). The fraction of sp³-hybridized carbons (Fsp3) is 0.981. The molecule has 8 N–H and O–H groups in total. The fourth-order valence-electron chi connectivity index (χ4n) is 8.97. The van der Waals surface area contributed by atoms with Gasteiger partial charge in [-0.15, -0.1) is 0 Å². The summed E-state index contributed by atoms with van der Waals surface area (Å²) in [6.45, 7) is 3.48. The Balaban J connectivity index is 2.36. The van der Waals surface area contributed by atoms with Gasteiger partial charge in [-0.25, -0.2) is 0 Å². The van der Waals surface area contributed by atoms with Gasteiger partial charge in [0.05, 0.1) is 25.4 Å². The normalized spacial score (nSPS) is 21.1. The van der Waals surface area contributed by atoms with E-state index in [1.165, 1.54) is 180 Å². The lowest BCUT2D eigenvalue weighted by molar-refractivity contribution is -0.303. The number of carbonyl (C=O) groups is 1. The van der Waals surface area contributed by atoms with Crippen molar-refractivity contribution in [1.82, 2.24) is 5.32 Å². The molecule has 0 radical (unpaired) electrons. The highest BCUT2D eigenvalue weighted by atomic mass is 16.7. The number of aliphatic hydroxyl groups excluding tert-OH is 7. The first-order chi connectivity index (χ1) is 30.7. The van der Waals surface area contributed by atoms with Crippen LogP contribution in [0.25, 0.3) is 0 Å². The zero-order chi connectivity index (χ0) is 46.2. The maximum absolute atomic E-state index is 13.1. The lowest BCUT2D eigenvalue weighted by Crippen LogP contribution is -2.60. The van der Waals surface area contributed by atoms with E-state index >= 15 is 0 Å². The second-order valence-corrected chi connectivity index (χ2v) is 19.3. The van der Waals surface area contributed by atoms with Gasteiger partial charge in [0.2, 0.25) is 5.91 Å².